The molecule has 7 heteroatoms. The van der Waals surface area contributed by atoms with E-state index >= 15 is 0 Å². The van der Waals surface area contributed by atoms with Gasteiger partial charge in [0.25, 0.3) is 5.91 Å². The second kappa shape index (κ2) is 7.92. The number of methoxy groups -OCH3 is 1. The predicted molar refractivity (Wildman–Crippen MR) is 116 cm³/mol. The van der Waals surface area contributed by atoms with E-state index in [9.17, 15) is 4.79 Å². The first kappa shape index (κ1) is 18.3. The van der Waals surface area contributed by atoms with E-state index in [-0.39, 0.29) is 5.91 Å². The topological polar surface area (TPSA) is 54.8 Å². The number of amides is 1. The van der Waals surface area contributed by atoms with Gasteiger partial charge in [-0.1, -0.05) is 35.1 Å². The van der Waals surface area contributed by atoms with E-state index in [0.29, 0.717) is 10.7 Å². The third kappa shape index (κ3) is 3.81. The number of carbonyl (C=O) groups excluding carboxylic acids is 1. The number of aryl methyl sites for hydroxylation is 1. The van der Waals surface area contributed by atoms with E-state index in [4.69, 9.17) is 4.74 Å². The van der Waals surface area contributed by atoms with Gasteiger partial charge in [-0.2, -0.15) is 10.1 Å². The lowest BCUT2D eigenvalue weighted by atomic mass is 10.1. The van der Waals surface area contributed by atoms with Crippen molar-refractivity contribution in [1.82, 2.24) is 4.98 Å². The normalized spacial score (nSPS) is 11.2. The minimum Gasteiger partial charge on any atom is -0.497 e. The van der Waals surface area contributed by atoms with Crippen LogP contribution in [0.3, 0.4) is 0 Å². The summed E-state index contributed by atoms with van der Waals surface area (Å²) in [6, 6.07) is 17.0. The molecule has 4 rings (SSSR count). The van der Waals surface area contributed by atoms with Crippen molar-refractivity contribution in [1.29, 1.82) is 0 Å². The van der Waals surface area contributed by atoms with Crippen molar-refractivity contribution < 1.29 is 9.53 Å². The number of anilines is 1. The van der Waals surface area contributed by atoms with Crippen LogP contribution in [0.5, 0.6) is 5.75 Å². The van der Waals surface area contributed by atoms with E-state index in [2.05, 4.69) is 10.1 Å². The molecule has 0 bridgehead atoms. The highest BCUT2D eigenvalue weighted by Crippen LogP contribution is 2.32. The zero-order valence-electron chi connectivity index (χ0n) is 15.3. The molecule has 140 valence electrons. The summed E-state index contributed by atoms with van der Waals surface area (Å²) in [6.07, 6.45) is 1.68. The van der Waals surface area contributed by atoms with Crippen LogP contribution in [-0.4, -0.2) is 24.2 Å². The molecule has 0 aliphatic carbocycles. The third-order valence-electron chi connectivity index (χ3n) is 4.10. The number of rotatable bonds is 5. The van der Waals surface area contributed by atoms with E-state index in [1.54, 1.807) is 24.7 Å². The highest BCUT2D eigenvalue weighted by atomic mass is 32.1. The van der Waals surface area contributed by atoms with Crippen LogP contribution < -0.4 is 9.75 Å². The molecule has 2 aromatic carbocycles. The summed E-state index contributed by atoms with van der Waals surface area (Å²) < 4.78 is 6.22. The number of nitrogens with zero attached hydrogens (tertiary/aromatic N) is 3. The molecule has 28 heavy (non-hydrogen) atoms. The molecule has 0 aliphatic rings. The largest absolute Gasteiger partial charge is 0.497 e. The quantitative estimate of drug-likeness (QED) is 0.331. The molecular formula is C21H17N3O2S2. The van der Waals surface area contributed by atoms with Crippen LogP contribution in [0.15, 0.2) is 65.1 Å². The van der Waals surface area contributed by atoms with Gasteiger partial charge in [-0.25, -0.2) is 4.98 Å². The second-order valence-electron chi connectivity index (χ2n) is 6.07. The number of aromatic nitrogens is 1. The van der Waals surface area contributed by atoms with Crippen molar-refractivity contribution in [3.8, 4) is 5.75 Å². The van der Waals surface area contributed by atoms with Crippen LogP contribution in [0, 0.1) is 6.92 Å². The van der Waals surface area contributed by atoms with E-state index < -0.39 is 0 Å². The van der Waals surface area contributed by atoms with Gasteiger partial charge in [-0.15, -0.1) is 11.3 Å². The molecule has 0 N–H and O–H groups in total. The number of thiazole rings is 1. The van der Waals surface area contributed by atoms with Crippen LogP contribution in [0.1, 0.15) is 20.8 Å². The van der Waals surface area contributed by atoms with Gasteiger partial charge < -0.3 is 4.74 Å². The summed E-state index contributed by atoms with van der Waals surface area (Å²) in [6.45, 7) is 1.99. The lowest BCUT2D eigenvalue weighted by Crippen LogP contribution is -2.25. The van der Waals surface area contributed by atoms with Gasteiger partial charge in [0.1, 0.15) is 5.75 Å². The molecule has 2 aromatic heterocycles. The van der Waals surface area contributed by atoms with Crippen LogP contribution >= 0.6 is 22.7 Å². The van der Waals surface area contributed by atoms with Gasteiger partial charge in [-0.3, -0.25) is 4.79 Å². The monoisotopic (exact) mass is 407 g/mol. The summed E-state index contributed by atoms with van der Waals surface area (Å²) in [5.41, 5.74) is 2.46. The minimum absolute atomic E-state index is 0.223. The van der Waals surface area contributed by atoms with Crippen molar-refractivity contribution >= 4 is 50.1 Å². The molecular weight excluding hydrogens is 390 g/mol. The number of carbonyl (C=O) groups is 1. The van der Waals surface area contributed by atoms with Crippen LogP contribution in [0.4, 0.5) is 5.13 Å². The SMILES string of the molecule is COc1ccc2nc(N(/N=C\c3cccs3)C(=O)c3ccc(C)cc3)sc2c1. The zero-order valence-corrected chi connectivity index (χ0v) is 17.0. The number of hydrogen-bond donors (Lipinski definition) is 0. The second-order valence-corrected chi connectivity index (χ2v) is 8.06. The first-order valence-corrected chi connectivity index (χ1v) is 10.3. The summed E-state index contributed by atoms with van der Waals surface area (Å²) in [5, 5.41) is 8.31. The molecule has 0 fully saturated rings. The zero-order chi connectivity index (χ0) is 19.5. The van der Waals surface area contributed by atoms with Gasteiger partial charge in [0.05, 0.1) is 23.5 Å². The Kier molecular flexibility index (Phi) is 5.18. The highest BCUT2D eigenvalue weighted by Gasteiger charge is 2.21. The van der Waals surface area contributed by atoms with Gasteiger partial charge in [-0.05, 0) is 48.7 Å². The molecule has 0 saturated carbocycles. The Bertz CT molecular complexity index is 1130. The number of ether oxygens (including phenoxy) is 1. The maximum Gasteiger partial charge on any atom is 0.280 e. The van der Waals surface area contributed by atoms with E-state index in [1.807, 2.05) is 66.9 Å². The molecule has 2 heterocycles. The van der Waals surface area contributed by atoms with Gasteiger partial charge in [0.2, 0.25) is 5.13 Å². The van der Waals surface area contributed by atoms with Crippen LogP contribution in [0.2, 0.25) is 0 Å². The third-order valence-corrected chi connectivity index (χ3v) is 5.90. The molecule has 1 amide bonds. The lowest BCUT2D eigenvalue weighted by molar-refractivity contribution is 0.0988. The first-order valence-electron chi connectivity index (χ1n) is 8.57. The van der Waals surface area contributed by atoms with Crippen molar-refractivity contribution in [2.45, 2.75) is 6.92 Å². The van der Waals surface area contributed by atoms with Gasteiger partial charge in [0.15, 0.2) is 0 Å². The Hall–Kier alpha value is -3.03. The minimum atomic E-state index is -0.223. The molecule has 0 atom stereocenters. The van der Waals surface area contributed by atoms with Crippen molar-refractivity contribution in [3.05, 3.63) is 76.0 Å². The number of fused-ring (bicyclic) bond motifs is 1. The number of benzene rings is 2. The lowest BCUT2D eigenvalue weighted by Gasteiger charge is -2.13. The number of thiophene rings is 1. The Morgan fingerprint density at radius 2 is 2.00 bits per heavy atom. The maximum absolute atomic E-state index is 13.2. The predicted octanol–water partition coefficient (Wildman–Crippen LogP) is 5.36. The smallest absolute Gasteiger partial charge is 0.280 e. The number of hydrazone groups is 1. The number of hydrogen-bond acceptors (Lipinski definition) is 6. The standard InChI is InChI=1S/C21H17N3O2S2/c1-14-5-7-15(8-6-14)20(25)24(22-13-17-4-3-11-27-17)21-23-18-10-9-16(26-2)12-19(18)28-21/h3-13H,1-2H3/b22-13-. The van der Waals surface area contributed by atoms with Crippen molar-refractivity contribution in [2.24, 2.45) is 5.10 Å². The first-order chi connectivity index (χ1) is 13.6. The van der Waals surface area contributed by atoms with Crippen molar-refractivity contribution in [3.63, 3.8) is 0 Å². The fourth-order valence-electron chi connectivity index (χ4n) is 2.60. The maximum atomic E-state index is 13.2. The summed E-state index contributed by atoms with van der Waals surface area (Å²) >= 11 is 2.96. The molecule has 0 aliphatic heterocycles. The molecule has 0 unspecified atom stereocenters. The van der Waals surface area contributed by atoms with Crippen LogP contribution in [-0.2, 0) is 0 Å². The Morgan fingerprint density at radius 1 is 1.18 bits per heavy atom. The van der Waals surface area contributed by atoms with E-state index in [1.165, 1.54) is 16.3 Å². The Morgan fingerprint density at radius 3 is 2.71 bits per heavy atom. The molecule has 0 spiro atoms. The summed E-state index contributed by atoms with van der Waals surface area (Å²) in [7, 11) is 1.63. The average Bonchev–Trinajstić information content (AvgIpc) is 3.37. The van der Waals surface area contributed by atoms with Gasteiger partial charge in [0, 0.05) is 10.4 Å². The Labute approximate surface area is 170 Å². The van der Waals surface area contributed by atoms with Crippen molar-refractivity contribution in [2.75, 3.05) is 12.1 Å². The summed E-state index contributed by atoms with van der Waals surface area (Å²) in [4.78, 5) is 18.7. The van der Waals surface area contributed by atoms with Crippen LogP contribution in [0.25, 0.3) is 10.2 Å². The fourth-order valence-corrected chi connectivity index (χ4v) is 4.13. The summed E-state index contributed by atoms with van der Waals surface area (Å²) in [5.74, 6) is 0.528. The van der Waals surface area contributed by atoms with Gasteiger partial charge >= 0.3 is 0 Å². The highest BCUT2D eigenvalue weighted by molar-refractivity contribution is 7.22. The van der Waals surface area contributed by atoms with E-state index in [0.717, 1.165) is 26.4 Å². The Balaban J connectivity index is 1.75. The molecule has 4 aromatic rings. The fraction of sp³-hybridized carbons (Fsp3) is 0.0952. The molecule has 0 saturated heterocycles. The average molecular weight is 408 g/mol. The molecule has 0 radical (unpaired) electrons. The molecule has 5 nitrogen and oxygen atoms in total.